The van der Waals surface area contributed by atoms with Gasteiger partial charge in [0.05, 0.1) is 12.0 Å². The highest BCUT2D eigenvalue weighted by atomic mass is 16.2. The lowest BCUT2D eigenvalue weighted by Gasteiger charge is -2.34. The van der Waals surface area contributed by atoms with Crippen LogP contribution < -0.4 is 0 Å². The van der Waals surface area contributed by atoms with E-state index in [0.29, 0.717) is 5.69 Å². The van der Waals surface area contributed by atoms with Crippen LogP contribution in [0.2, 0.25) is 0 Å². The number of imidazole rings is 1. The van der Waals surface area contributed by atoms with Gasteiger partial charge in [-0.25, -0.2) is 4.98 Å². The van der Waals surface area contributed by atoms with Gasteiger partial charge in [-0.05, 0) is 19.1 Å². The molecule has 106 valence electrons. The van der Waals surface area contributed by atoms with Crippen LogP contribution in [-0.4, -0.2) is 56.8 Å². The molecule has 20 heavy (non-hydrogen) atoms. The fourth-order valence-corrected chi connectivity index (χ4v) is 2.50. The summed E-state index contributed by atoms with van der Waals surface area (Å²) in [6, 6.07) is 3.67. The summed E-state index contributed by atoms with van der Waals surface area (Å²) in [6.45, 7) is 6.19. The third kappa shape index (κ3) is 2.60. The number of carbonyl (C=O) groups excluding carboxylic acids is 1. The van der Waals surface area contributed by atoms with Crippen molar-refractivity contribution >= 4 is 5.91 Å². The number of rotatable bonds is 3. The van der Waals surface area contributed by atoms with Gasteiger partial charge in [0.15, 0.2) is 0 Å². The van der Waals surface area contributed by atoms with Gasteiger partial charge in [-0.1, -0.05) is 0 Å². The molecule has 1 aliphatic heterocycles. The topological polar surface area (TPSA) is 68.0 Å². The van der Waals surface area contributed by atoms with Crippen molar-refractivity contribution in [3.63, 3.8) is 0 Å². The Kier molecular flexibility index (Phi) is 3.56. The van der Waals surface area contributed by atoms with E-state index >= 15 is 0 Å². The molecule has 0 saturated carbocycles. The van der Waals surface area contributed by atoms with Gasteiger partial charge in [0.2, 0.25) is 0 Å². The average molecular weight is 273 g/mol. The number of aromatic amines is 2. The third-order valence-corrected chi connectivity index (χ3v) is 3.80. The second-order valence-corrected chi connectivity index (χ2v) is 5.13. The molecule has 0 spiro atoms. The number of amides is 1. The smallest absolute Gasteiger partial charge is 0.270 e. The molecule has 1 aliphatic rings. The van der Waals surface area contributed by atoms with Crippen LogP contribution in [0.25, 0.3) is 0 Å². The first kappa shape index (κ1) is 12.9. The minimum absolute atomic E-state index is 0.0885. The first-order valence-corrected chi connectivity index (χ1v) is 6.88. The molecule has 0 aliphatic carbocycles. The second-order valence-electron chi connectivity index (χ2n) is 5.13. The number of hydrogen-bond donors (Lipinski definition) is 2. The molecule has 0 aromatic carbocycles. The number of nitrogens with zero attached hydrogens (tertiary/aromatic N) is 3. The van der Waals surface area contributed by atoms with Gasteiger partial charge < -0.3 is 14.9 Å². The molecule has 6 heteroatoms. The summed E-state index contributed by atoms with van der Waals surface area (Å²) >= 11 is 0. The summed E-state index contributed by atoms with van der Waals surface area (Å²) in [4.78, 5) is 26.8. The molecule has 1 saturated heterocycles. The zero-order valence-electron chi connectivity index (χ0n) is 11.6. The maximum Gasteiger partial charge on any atom is 0.270 e. The van der Waals surface area contributed by atoms with Crippen LogP contribution in [-0.2, 0) is 6.54 Å². The number of piperazine rings is 1. The number of aryl methyl sites for hydroxylation is 1. The fourth-order valence-electron chi connectivity index (χ4n) is 2.50. The summed E-state index contributed by atoms with van der Waals surface area (Å²) < 4.78 is 0. The Bertz CT molecular complexity index is 566. The summed E-state index contributed by atoms with van der Waals surface area (Å²) in [5.74, 6) is 0.0885. The highest BCUT2D eigenvalue weighted by molar-refractivity contribution is 5.92. The molecule has 0 unspecified atom stereocenters. The van der Waals surface area contributed by atoms with Gasteiger partial charge >= 0.3 is 0 Å². The Hall–Kier alpha value is -2.08. The first-order valence-electron chi connectivity index (χ1n) is 6.88. The van der Waals surface area contributed by atoms with Crippen LogP contribution in [0, 0.1) is 6.92 Å². The van der Waals surface area contributed by atoms with Gasteiger partial charge in [-0.3, -0.25) is 9.69 Å². The molecule has 0 atom stereocenters. The third-order valence-electron chi connectivity index (χ3n) is 3.80. The summed E-state index contributed by atoms with van der Waals surface area (Å²) in [5, 5.41) is 0. The Morgan fingerprint density at radius 1 is 1.30 bits per heavy atom. The lowest BCUT2D eigenvalue weighted by molar-refractivity contribution is 0.0622. The standard InChI is InChI=1S/C14H19N5O/c1-11-13(17-10-16-11)9-18-5-7-19(8-6-18)14(20)12-3-2-4-15-12/h2-4,10,15H,5-9H2,1H3,(H,16,17). The molecule has 2 aromatic heterocycles. The van der Waals surface area contributed by atoms with E-state index in [1.807, 2.05) is 24.0 Å². The largest absolute Gasteiger partial charge is 0.357 e. The van der Waals surface area contributed by atoms with Crippen LogP contribution >= 0.6 is 0 Å². The molecule has 2 N–H and O–H groups in total. The molecule has 0 radical (unpaired) electrons. The second kappa shape index (κ2) is 5.50. The van der Waals surface area contributed by atoms with Crippen molar-refractivity contribution in [2.45, 2.75) is 13.5 Å². The van der Waals surface area contributed by atoms with E-state index in [0.717, 1.165) is 44.1 Å². The van der Waals surface area contributed by atoms with E-state index in [1.54, 1.807) is 12.5 Å². The maximum atomic E-state index is 12.2. The average Bonchev–Trinajstić information content (AvgIpc) is 3.12. The summed E-state index contributed by atoms with van der Waals surface area (Å²) in [6.07, 6.45) is 3.51. The molecular formula is C14H19N5O. The zero-order chi connectivity index (χ0) is 13.9. The normalized spacial score (nSPS) is 16.6. The summed E-state index contributed by atoms with van der Waals surface area (Å²) in [5.41, 5.74) is 2.88. The number of H-pyrrole nitrogens is 2. The van der Waals surface area contributed by atoms with Crippen LogP contribution in [0.5, 0.6) is 0 Å². The minimum atomic E-state index is 0.0885. The van der Waals surface area contributed by atoms with Crippen LogP contribution in [0.3, 0.4) is 0 Å². The van der Waals surface area contributed by atoms with E-state index in [1.165, 1.54) is 0 Å². The molecule has 1 fully saturated rings. The Labute approximate surface area is 117 Å². The predicted octanol–water partition coefficient (Wildman–Crippen LogP) is 1.00. The number of nitrogens with one attached hydrogen (secondary N) is 2. The quantitative estimate of drug-likeness (QED) is 0.877. The Morgan fingerprint density at radius 3 is 2.70 bits per heavy atom. The van der Waals surface area contributed by atoms with Crippen LogP contribution in [0.4, 0.5) is 0 Å². The monoisotopic (exact) mass is 273 g/mol. The van der Waals surface area contributed by atoms with Crippen molar-refractivity contribution in [1.82, 2.24) is 24.8 Å². The molecule has 3 rings (SSSR count). The molecule has 6 nitrogen and oxygen atoms in total. The van der Waals surface area contributed by atoms with Crippen molar-refractivity contribution in [2.24, 2.45) is 0 Å². The number of hydrogen-bond acceptors (Lipinski definition) is 3. The van der Waals surface area contributed by atoms with Crippen molar-refractivity contribution in [1.29, 1.82) is 0 Å². The van der Waals surface area contributed by atoms with Crippen LogP contribution in [0.1, 0.15) is 21.9 Å². The van der Waals surface area contributed by atoms with Gasteiger partial charge in [0.25, 0.3) is 5.91 Å². The maximum absolute atomic E-state index is 12.2. The summed E-state index contributed by atoms with van der Waals surface area (Å²) in [7, 11) is 0. The lowest BCUT2D eigenvalue weighted by Crippen LogP contribution is -2.48. The molecule has 0 bridgehead atoms. The van der Waals surface area contributed by atoms with E-state index < -0.39 is 0 Å². The SMILES string of the molecule is Cc1[nH]cnc1CN1CCN(C(=O)c2ccc[nH]2)CC1. The van der Waals surface area contributed by atoms with Gasteiger partial charge in [0, 0.05) is 44.6 Å². The Balaban J connectivity index is 1.55. The van der Waals surface area contributed by atoms with Gasteiger partial charge in [-0.15, -0.1) is 0 Å². The van der Waals surface area contributed by atoms with Crippen molar-refractivity contribution in [3.8, 4) is 0 Å². The Morgan fingerprint density at radius 2 is 2.10 bits per heavy atom. The van der Waals surface area contributed by atoms with Gasteiger partial charge in [0.1, 0.15) is 5.69 Å². The van der Waals surface area contributed by atoms with Crippen molar-refractivity contribution in [3.05, 3.63) is 41.7 Å². The molecule has 2 aromatic rings. The fraction of sp³-hybridized carbons (Fsp3) is 0.429. The number of carbonyl (C=O) groups is 1. The first-order chi connectivity index (χ1) is 9.74. The molecule has 1 amide bonds. The van der Waals surface area contributed by atoms with E-state index in [2.05, 4.69) is 19.9 Å². The van der Waals surface area contributed by atoms with E-state index in [9.17, 15) is 4.79 Å². The van der Waals surface area contributed by atoms with Gasteiger partial charge in [-0.2, -0.15) is 0 Å². The van der Waals surface area contributed by atoms with Crippen molar-refractivity contribution in [2.75, 3.05) is 26.2 Å². The van der Waals surface area contributed by atoms with Crippen LogP contribution in [0.15, 0.2) is 24.7 Å². The van der Waals surface area contributed by atoms with Crippen molar-refractivity contribution < 1.29 is 4.79 Å². The van der Waals surface area contributed by atoms with E-state index in [4.69, 9.17) is 0 Å². The highest BCUT2D eigenvalue weighted by Gasteiger charge is 2.23. The minimum Gasteiger partial charge on any atom is -0.357 e. The predicted molar refractivity (Wildman–Crippen MR) is 75.3 cm³/mol. The highest BCUT2D eigenvalue weighted by Crippen LogP contribution is 2.11. The molecule has 3 heterocycles. The zero-order valence-corrected chi connectivity index (χ0v) is 11.6. The molecular weight excluding hydrogens is 254 g/mol. The van der Waals surface area contributed by atoms with E-state index in [-0.39, 0.29) is 5.91 Å². The number of aromatic nitrogens is 3. The lowest BCUT2D eigenvalue weighted by atomic mass is 10.2.